The molecule has 0 aliphatic carbocycles. The predicted molar refractivity (Wildman–Crippen MR) is 84.9 cm³/mol. The number of benzene rings is 1. The van der Waals surface area contributed by atoms with E-state index in [0.29, 0.717) is 10.9 Å². The number of hydrazone groups is 1. The fourth-order valence-electron chi connectivity index (χ4n) is 2.37. The van der Waals surface area contributed by atoms with Gasteiger partial charge in [-0.15, -0.1) is 5.10 Å². The Bertz CT molecular complexity index is 713. The molecular weight excluding hydrogens is 284 g/mol. The number of nitrogens with one attached hydrogen (secondary N) is 1. The van der Waals surface area contributed by atoms with Crippen molar-refractivity contribution >= 4 is 28.5 Å². The summed E-state index contributed by atoms with van der Waals surface area (Å²) in [7, 11) is 0. The van der Waals surface area contributed by atoms with E-state index in [1.165, 1.54) is 0 Å². The second kappa shape index (κ2) is 5.89. The summed E-state index contributed by atoms with van der Waals surface area (Å²) < 4.78 is 0. The number of rotatable bonds is 3. The van der Waals surface area contributed by atoms with E-state index in [1.54, 1.807) is 16.8 Å². The van der Waals surface area contributed by atoms with Gasteiger partial charge in [0.25, 0.3) is 5.91 Å². The molecule has 0 fully saturated rings. The van der Waals surface area contributed by atoms with Crippen molar-refractivity contribution in [2.45, 2.75) is 32.9 Å². The molecule has 3 rings (SSSR count). The van der Waals surface area contributed by atoms with Crippen LogP contribution in [0.15, 0.2) is 34.4 Å². The molecule has 1 N–H and O–H groups in total. The van der Waals surface area contributed by atoms with Crippen LogP contribution in [0, 0.1) is 0 Å². The lowest BCUT2D eigenvalue weighted by atomic mass is 10.2. The summed E-state index contributed by atoms with van der Waals surface area (Å²) >= 11 is 1.59. The van der Waals surface area contributed by atoms with Gasteiger partial charge in [0.15, 0.2) is 5.17 Å². The Hall–Kier alpha value is -1.82. The normalized spacial score (nSPS) is 20.2. The van der Waals surface area contributed by atoms with Crippen LogP contribution in [-0.2, 0) is 4.79 Å². The molecule has 21 heavy (non-hydrogen) atoms. The van der Waals surface area contributed by atoms with Gasteiger partial charge >= 0.3 is 0 Å². The van der Waals surface area contributed by atoms with E-state index in [9.17, 15) is 4.79 Å². The Morgan fingerprint density at radius 2 is 2.19 bits per heavy atom. The van der Waals surface area contributed by atoms with Crippen LogP contribution in [0.3, 0.4) is 0 Å². The van der Waals surface area contributed by atoms with Gasteiger partial charge in [0.2, 0.25) is 0 Å². The molecule has 0 saturated heterocycles. The zero-order valence-corrected chi connectivity index (χ0v) is 13.0. The van der Waals surface area contributed by atoms with E-state index in [1.807, 2.05) is 31.2 Å². The van der Waals surface area contributed by atoms with Gasteiger partial charge in [-0.05, 0) is 19.4 Å². The van der Waals surface area contributed by atoms with Crippen molar-refractivity contribution in [3.8, 4) is 0 Å². The van der Waals surface area contributed by atoms with Crippen LogP contribution < -0.4 is 15.9 Å². The maximum absolute atomic E-state index is 12.5. The van der Waals surface area contributed by atoms with Gasteiger partial charge in [-0.2, -0.15) is 0 Å². The van der Waals surface area contributed by atoms with Crippen molar-refractivity contribution in [1.82, 2.24) is 10.3 Å². The highest BCUT2D eigenvalue weighted by Crippen LogP contribution is 2.20. The number of hydrogen-bond acceptors (Lipinski definition) is 5. The highest BCUT2D eigenvalue weighted by Gasteiger charge is 2.31. The topological polar surface area (TPSA) is 57.1 Å². The average Bonchev–Trinajstić information content (AvgIpc) is 2.48. The molecule has 2 heterocycles. The molecule has 2 aliphatic heterocycles. The Kier molecular flexibility index (Phi) is 3.96. The maximum Gasteiger partial charge on any atom is 0.276 e. The summed E-state index contributed by atoms with van der Waals surface area (Å²) in [5, 5.41) is 11.5. The van der Waals surface area contributed by atoms with E-state index < -0.39 is 0 Å². The number of nitrogens with zero attached hydrogens (tertiary/aromatic N) is 3. The number of hydrogen-bond donors (Lipinski definition) is 1. The highest BCUT2D eigenvalue weighted by atomic mass is 32.2. The molecule has 0 spiro atoms. The number of amides is 1. The molecular formula is C15H18N4OS. The molecule has 2 aliphatic rings. The van der Waals surface area contributed by atoms with Crippen molar-refractivity contribution in [2.24, 2.45) is 10.1 Å². The summed E-state index contributed by atoms with van der Waals surface area (Å²) in [5.74, 6) is 0.860. The Morgan fingerprint density at radius 3 is 3.00 bits per heavy atom. The number of amidine groups is 1. The van der Waals surface area contributed by atoms with E-state index >= 15 is 0 Å². The van der Waals surface area contributed by atoms with E-state index in [-0.39, 0.29) is 12.1 Å². The molecule has 0 saturated carbocycles. The summed E-state index contributed by atoms with van der Waals surface area (Å²) in [6.07, 6.45) is 2.08. The molecule has 6 heteroatoms. The van der Waals surface area contributed by atoms with Gasteiger partial charge in [-0.25, -0.2) is 5.01 Å². The smallest absolute Gasteiger partial charge is 0.276 e. The van der Waals surface area contributed by atoms with Gasteiger partial charge in [-0.3, -0.25) is 15.1 Å². The van der Waals surface area contributed by atoms with Crippen LogP contribution in [-0.4, -0.2) is 28.0 Å². The number of carbonyl (C=O) groups excluding carboxylic acids is 1. The molecule has 1 amide bonds. The number of carbonyl (C=O) groups is 1. The number of para-hydroxylation sites is 1. The monoisotopic (exact) mass is 302 g/mol. The Labute approximate surface area is 127 Å². The first-order valence-electron chi connectivity index (χ1n) is 7.20. The quantitative estimate of drug-likeness (QED) is 0.848. The van der Waals surface area contributed by atoms with Crippen molar-refractivity contribution < 1.29 is 4.79 Å². The average molecular weight is 302 g/mol. The SMILES string of the molecule is CCCCSC1=NN2C(=c3ccccc3=NC2C)C(=O)N1. The number of unbranched alkanes of at least 4 members (excludes halogenated alkanes) is 1. The third-order valence-corrected chi connectivity index (χ3v) is 4.39. The first kappa shape index (κ1) is 14.1. The lowest BCUT2D eigenvalue weighted by molar-refractivity contribution is -0.116. The van der Waals surface area contributed by atoms with Gasteiger partial charge in [0.05, 0.1) is 5.36 Å². The molecule has 0 radical (unpaired) electrons. The molecule has 1 aromatic rings. The van der Waals surface area contributed by atoms with Crippen molar-refractivity contribution in [3.05, 3.63) is 34.8 Å². The van der Waals surface area contributed by atoms with Gasteiger partial charge < -0.3 is 0 Å². The lowest BCUT2D eigenvalue weighted by Crippen LogP contribution is -2.51. The summed E-state index contributed by atoms with van der Waals surface area (Å²) in [4.78, 5) is 17.1. The van der Waals surface area contributed by atoms with Crippen molar-refractivity contribution in [1.29, 1.82) is 0 Å². The van der Waals surface area contributed by atoms with Gasteiger partial charge in [0, 0.05) is 11.0 Å². The number of thioether (sulfide) groups is 1. The van der Waals surface area contributed by atoms with Crippen LogP contribution in [0.5, 0.6) is 0 Å². The van der Waals surface area contributed by atoms with E-state index in [0.717, 1.165) is 29.2 Å². The zero-order chi connectivity index (χ0) is 14.8. The van der Waals surface area contributed by atoms with Crippen molar-refractivity contribution in [2.75, 3.05) is 5.75 Å². The van der Waals surface area contributed by atoms with Gasteiger partial charge in [-0.1, -0.05) is 43.3 Å². The van der Waals surface area contributed by atoms with Crippen LogP contribution in [0.25, 0.3) is 5.70 Å². The predicted octanol–water partition coefficient (Wildman–Crippen LogP) is 1.01. The molecule has 5 nitrogen and oxygen atoms in total. The van der Waals surface area contributed by atoms with E-state index in [4.69, 9.17) is 0 Å². The van der Waals surface area contributed by atoms with Crippen LogP contribution >= 0.6 is 11.8 Å². The van der Waals surface area contributed by atoms with Gasteiger partial charge in [0.1, 0.15) is 11.9 Å². The fourth-order valence-corrected chi connectivity index (χ4v) is 3.31. The maximum atomic E-state index is 12.5. The molecule has 1 aromatic carbocycles. The molecule has 0 aromatic heterocycles. The Morgan fingerprint density at radius 1 is 1.38 bits per heavy atom. The largest absolute Gasteiger partial charge is 0.298 e. The minimum atomic E-state index is -0.164. The second-order valence-electron chi connectivity index (χ2n) is 5.03. The third-order valence-electron chi connectivity index (χ3n) is 3.44. The molecule has 1 atom stereocenters. The Balaban J connectivity index is 2.00. The molecule has 0 bridgehead atoms. The minimum Gasteiger partial charge on any atom is -0.298 e. The van der Waals surface area contributed by atoms with Crippen LogP contribution in [0.4, 0.5) is 0 Å². The lowest BCUT2D eigenvalue weighted by Gasteiger charge is -2.32. The van der Waals surface area contributed by atoms with Crippen molar-refractivity contribution in [3.63, 3.8) is 0 Å². The van der Waals surface area contributed by atoms with Crippen LogP contribution in [0.1, 0.15) is 26.7 Å². The zero-order valence-electron chi connectivity index (χ0n) is 12.2. The first-order valence-corrected chi connectivity index (χ1v) is 8.18. The molecule has 110 valence electrons. The highest BCUT2D eigenvalue weighted by molar-refractivity contribution is 8.13. The van der Waals surface area contributed by atoms with Crippen LogP contribution in [0.2, 0.25) is 0 Å². The minimum absolute atomic E-state index is 0.0989. The fraction of sp³-hybridized carbons (Fsp3) is 0.400. The third kappa shape index (κ3) is 2.68. The van der Waals surface area contributed by atoms with E-state index in [2.05, 4.69) is 22.3 Å². The first-order chi connectivity index (χ1) is 10.2. The standard InChI is InChI=1S/C15H18N4OS/c1-3-4-9-21-15-17-14(20)13-11-7-5-6-8-12(11)16-10(2)19(13)18-15/h5-8,10H,3-4,9H2,1-2H3,(H,17,18,20). The number of fused-ring (bicyclic) bond motifs is 2. The summed E-state index contributed by atoms with van der Waals surface area (Å²) in [6, 6.07) is 7.69. The second-order valence-corrected chi connectivity index (χ2v) is 6.12. The summed E-state index contributed by atoms with van der Waals surface area (Å²) in [6.45, 7) is 4.10. The summed E-state index contributed by atoms with van der Waals surface area (Å²) in [5.41, 5.74) is 0.591. The molecule has 1 unspecified atom stereocenters.